The van der Waals surface area contributed by atoms with Crippen molar-refractivity contribution >= 4 is 22.3 Å². The first kappa shape index (κ1) is 14.8. The van der Waals surface area contributed by atoms with Crippen LogP contribution < -0.4 is 0 Å². The molecule has 7 nitrogen and oxygen atoms in total. The van der Waals surface area contributed by atoms with Gasteiger partial charge >= 0.3 is 22.3 Å². The third kappa shape index (κ3) is 9.41. The number of ether oxygens (including phenoxy) is 1. The zero-order valence-corrected chi connectivity index (χ0v) is 9.66. The minimum atomic E-state index is -4.79. The summed E-state index contributed by atoms with van der Waals surface area (Å²) < 4.78 is 36.6. The van der Waals surface area contributed by atoms with Crippen LogP contribution in [0.1, 0.15) is 32.6 Å². The van der Waals surface area contributed by atoms with E-state index in [0.717, 1.165) is 12.8 Å². The van der Waals surface area contributed by atoms with Gasteiger partial charge in [-0.05, 0) is 6.42 Å². The average molecular weight is 254 g/mol. The number of hydrogen-bond donors (Lipinski definition) is 1. The number of hydrogen-bond acceptors (Lipinski definition) is 6. The lowest BCUT2D eigenvalue weighted by molar-refractivity contribution is -0.147. The van der Waals surface area contributed by atoms with Gasteiger partial charge in [-0.3, -0.25) is 14.1 Å². The second kappa shape index (κ2) is 7.18. The zero-order chi connectivity index (χ0) is 12.6. The van der Waals surface area contributed by atoms with Crippen molar-refractivity contribution in [1.29, 1.82) is 0 Å². The van der Waals surface area contributed by atoms with E-state index in [-0.39, 0.29) is 13.0 Å². The van der Waals surface area contributed by atoms with Gasteiger partial charge in [-0.25, -0.2) is 0 Å². The second-order valence-corrected chi connectivity index (χ2v) is 3.98. The monoisotopic (exact) mass is 254 g/mol. The molecule has 0 amide bonds. The lowest BCUT2D eigenvalue weighted by Crippen LogP contribution is -2.14. The summed E-state index contributed by atoms with van der Waals surface area (Å²) in [5.41, 5.74) is 0. The van der Waals surface area contributed by atoms with E-state index in [1.807, 2.05) is 6.92 Å². The second-order valence-electron chi connectivity index (χ2n) is 2.96. The van der Waals surface area contributed by atoms with Crippen molar-refractivity contribution in [1.82, 2.24) is 0 Å². The van der Waals surface area contributed by atoms with Crippen molar-refractivity contribution in [3.8, 4) is 0 Å². The standard InChI is InChI=1S/C8H14O7S/c1-2-3-6-14-7(9)4-5-8(10)15-16(11,12)13/h2-6H2,1H3,(H,11,12,13). The third-order valence-corrected chi connectivity index (χ3v) is 1.89. The summed E-state index contributed by atoms with van der Waals surface area (Å²) in [4.78, 5) is 21.7. The quantitative estimate of drug-likeness (QED) is 0.399. The Hall–Kier alpha value is -1.15. The summed E-state index contributed by atoms with van der Waals surface area (Å²) in [5.74, 6) is -1.81. The number of unbranched alkanes of at least 4 members (excludes halogenated alkanes) is 1. The highest BCUT2D eigenvalue weighted by molar-refractivity contribution is 7.81. The molecular formula is C8H14O7S. The Labute approximate surface area is 93.7 Å². The van der Waals surface area contributed by atoms with Crippen LogP contribution in [0.2, 0.25) is 0 Å². The number of rotatable bonds is 7. The highest BCUT2D eigenvalue weighted by Gasteiger charge is 2.15. The van der Waals surface area contributed by atoms with E-state index >= 15 is 0 Å². The minimum Gasteiger partial charge on any atom is -0.466 e. The van der Waals surface area contributed by atoms with Crippen molar-refractivity contribution in [3.05, 3.63) is 0 Å². The number of carbonyl (C=O) groups excluding carboxylic acids is 2. The van der Waals surface area contributed by atoms with Gasteiger partial charge in [-0.15, -0.1) is 0 Å². The zero-order valence-electron chi connectivity index (χ0n) is 8.84. The Kier molecular flexibility index (Phi) is 6.66. The normalized spacial score (nSPS) is 10.9. The molecule has 0 aromatic carbocycles. The van der Waals surface area contributed by atoms with Crippen LogP contribution in [0.15, 0.2) is 0 Å². The first-order valence-corrected chi connectivity index (χ1v) is 6.07. The fourth-order valence-corrected chi connectivity index (χ4v) is 1.08. The summed E-state index contributed by atoms with van der Waals surface area (Å²) in [6.07, 6.45) is 0.863. The maximum Gasteiger partial charge on any atom is 0.448 e. The molecule has 0 aromatic heterocycles. The molecule has 0 aromatic rings. The van der Waals surface area contributed by atoms with Gasteiger partial charge in [0.15, 0.2) is 0 Å². The van der Waals surface area contributed by atoms with E-state index in [1.165, 1.54) is 0 Å². The van der Waals surface area contributed by atoms with Crippen molar-refractivity contribution in [2.45, 2.75) is 32.6 Å². The molecule has 0 aliphatic heterocycles. The fraction of sp³-hybridized carbons (Fsp3) is 0.750. The molecule has 94 valence electrons. The highest BCUT2D eigenvalue weighted by Crippen LogP contribution is 1.99. The van der Waals surface area contributed by atoms with Gasteiger partial charge in [-0.2, -0.15) is 8.42 Å². The van der Waals surface area contributed by atoms with E-state index in [9.17, 15) is 18.0 Å². The maximum atomic E-state index is 10.9. The summed E-state index contributed by atoms with van der Waals surface area (Å²) in [7, 11) is -4.79. The molecule has 16 heavy (non-hydrogen) atoms. The molecule has 1 N–H and O–H groups in total. The summed E-state index contributed by atoms with van der Waals surface area (Å²) in [6.45, 7) is 2.19. The first-order chi connectivity index (χ1) is 7.35. The predicted octanol–water partition coefficient (Wildman–Crippen LogP) is 0.456. The van der Waals surface area contributed by atoms with Crippen molar-refractivity contribution < 1.29 is 31.5 Å². The molecule has 0 saturated heterocycles. The van der Waals surface area contributed by atoms with Crippen LogP contribution in [-0.4, -0.2) is 31.5 Å². The van der Waals surface area contributed by atoms with Crippen LogP contribution in [0.4, 0.5) is 0 Å². The van der Waals surface area contributed by atoms with Gasteiger partial charge < -0.3 is 8.92 Å². The van der Waals surface area contributed by atoms with Gasteiger partial charge in [0.1, 0.15) is 0 Å². The maximum absolute atomic E-state index is 10.9. The Morgan fingerprint density at radius 2 is 1.75 bits per heavy atom. The Morgan fingerprint density at radius 3 is 2.25 bits per heavy atom. The van der Waals surface area contributed by atoms with E-state index in [1.54, 1.807) is 0 Å². The van der Waals surface area contributed by atoms with Crippen LogP contribution in [0.3, 0.4) is 0 Å². The molecular weight excluding hydrogens is 240 g/mol. The van der Waals surface area contributed by atoms with E-state index in [4.69, 9.17) is 9.29 Å². The molecule has 0 heterocycles. The van der Waals surface area contributed by atoms with E-state index in [0.29, 0.717) is 0 Å². The fourth-order valence-electron chi connectivity index (χ4n) is 0.766. The molecule has 0 unspecified atom stereocenters. The predicted molar refractivity (Wildman–Crippen MR) is 52.7 cm³/mol. The van der Waals surface area contributed by atoms with E-state index < -0.39 is 28.8 Å². The van der Waals surface area contributed by atoms with Crippen LogP contribution in [0.5, 0.6) is 0 Å². The van der Waals surface area contributed by atoms with Gasteiger partial charge in [0.05, 0.1) is 19.4 Å². The SMILES string of the molecule is CCCCOC(=O)CCC(=O)OS(=O)(=O)O. The molecule has 0 rings (SSSR count). The largest absolute Gasteiger partial charge is 0.466 e. The third-order valence-electron chi connectivity index (χ3n) is 1.49. The smallest absolute Gasteiger partial charge is 0.448 e. The van der Waals surface area contributed by atoms with Crippen molar-refractivity contribution in [2.24, 2.45) is 0 Å². The Balaban J connectivity index is 3.72. The molecule has 0 saturated carbocycles. The molecule has 0 aliphatic carbocycles. The van der Waals surface area contributed by atoms with Crippen LogP contribution in [0, 0.1) is 0 Å². The van der Waals surface area contributed by atoms with Crippen LogP contribution in [0.25, 0.3) is 0 Å². The van der Waals surface area contributed by atoms with Crippen molar-refractivity contribution in [2.75, 3.05) is 6.61 Å². The van der Waals surface area contributed by atoms with Gasteiger partial charge in [0.2, 0.25) is 0 Å². The molecule has 0 radical (unpaired) electrons. The number of carbonyl (C=O) groups is 2. The van der Waals surface area contributed by atoms with E-state index in [2.05, 4.69) is 4.18 Å². The minimum absolute atomic E-state index is 0.267. The van der Waals surface area contributed by atoms with Crippen molar-refractivity contribution in [3.63, 3.8) is 0 Å². The first-order valence-electron chi connectivity index (χ1n) is 4.70. The Bertz CT molecular complexity index is 332. The summed E-state index contributed by atoms with van der Waals surface area (Å²) in [6, 6.07) is 0. The molecule has 0 spiro atoms. The van der Waals surface area contributed by atoms with Crippen LogP contribution in [-0.2, 0) is 28.9 Å². The van der Waals surface area contributed by atoms with Crippen LogP contribution >= 0.6 is 0 Å². The molecule has 0 bridgehead atoms. The summed E-state index contributed by atoms with van der Waals surface area (Å²) >= 11 is 0. The van der Waals surface area contributed by atoms with Gasteiger partial charge in [-0.1, -0.05) is 13.3 Å². The van der Waals surface area contributed by atoms with Gasteiger partial charge in [0.25, 0.3) is 0 Å². The lowest BCUT2D eigenvalue weighted by Gasteiger charge is -2.02. The molecule has 0 atom stereocenters. The lowest BCUT2D eigenvalue weighted by atomic mass is 10.3. The number of esters is 1. The molecule has 0 aliphatic rings. The average Bonchev–Trinajstić information content (AvgIpc) is 2.12. The van der Waals surface area contributed by atoms with Gasteiger partial charge in [0, 0.05) is 0 Å². The Morgan fingerprint density at radius 1 is 1.19 bits per heavy atom. The molecule has 0 fully saturated rings. The highest BCUT2D eigenvalue weighted by atomic mass is 32.3. The molecule has 8 heteroatoms. The summed E-state index contributed by atoms with van der Waals surface area (Å²) in [5, 5.41) is 0. The topological polar surface area (TPSA) is 107 Å².